The van der Waals surface area contributed by atoms with Gasteiger partial charge in [0.2, 0.25) is 0 Å². The van der Waals surface area contributed by atoms with Crippen LogP contribution >= 0.6 is 0 Å². The van der Waals surface area contributed by atoms with Crippen molar-refractivity contribution in [3.05, 3.63) is 94.8 Å². The van der Waals surface area contributed by atoms with Crippen molar-refractivity contribution < 1.29 is 27.8 Å². The molecule has 0 atom stereocenters. The molecule has 1 N–H and O–H groups in total. The van der Waals surface area contributed by atoms with Gasteiger partial charge in [-0.25, -0.2) is 0 Å². The third-order valence-corrected chi connectivity index (χ3v) is 5.46. The minimum atomic E-state index is -4.38. The maximum Gasteiger partial charge on any atom is 0.416 e. The average Bonchev–Trinajstić information content (AvgIpc) is 3.67. The molecular weight excluding hydrogens is 441 g/mol. The van der Waals surface area contributed by atoms with Gasteiger partial charge in [0.15, 0.2) is 0 Å². The van der Waals surface area contributed by atoms with E-state index in [1.165, 1.54) is 12.1 Å². The molecule has 3 aromatic rings. The summed E-state index contributed by atoms with van der Waals surface area (Å²) in [5.74, 6) is 7.30. The highest BCUT2D eigenvalue weighted by Gasteiger charge is 2.30. The zero-order chi connectivity index (χ0) is 24.1. The topological polar surface area (TPSA) is 38.7 Å². The van der Waals surface area contributed by atoms with Crippen molar-refractivity contribution in [3.8, 4) is 34.5 Å². The summed E-state index contributed by atoms with van der Waals surface area (Å²) in [5.41, 5.74) is 4.06. The maximum absolute atomic E-state index is 12.7. The Balaban J connectivity index is 1.47. The monoisotopic (exact) mass is 464 g/mol. The predicted molar refractivity (Wildman–Crippen MR) is 125 cm³/mol. The van der Waals surface area contributed by atoms with Crippen molar-refractivity contribution in [1.29, 1.82) is 0 Å². The number of aliphatic hydroxyl groups excluding tert-OH is 1. The first kappa shape index (κ1) is 23.3. The Hall–Kier alpha value is -3.85. The summed E-state index contributed by atoms with van der Waals surface area (Å²) >= 11 is 0. The number of methoxy groups -OCH3 is 1. The standard InChI is InChI=1S/C28H23F3O3/c1-33-27-14-9-22(21-5-2-4-19(16-21)17-26(32)20-7-8-20)18-23(27)6-3-15-34-25-12-10-24(11-13-25)28(29,30)31/h2,4-5,9-14,16,18,32H,7-8,15,17H2,1H3. The normalized spacial score (nSPS) is 12.5. The van der Waals surface area contributed by atoms with E-state index in [2.05, 4.69) is 11.8 Å². The lowest BCUT2D eigenvalue weighted by Crippen LogP contribution is -2.04. The number of rotatable bonds is 6. The summed E-state index contributed by atoms with van der Waals surface area (Å²) in [6.45, 7) is 0.0160. The van der Waals surface area contributed by atoms with Crippen molar-refractivity contribution in [1.82, 2.24) is 0 Å². The first-order chi connectivity index (χ1) is 16.3. The Bertz CT molecular complexity index is 1260. The Kier molecular flexibility index (Phi) is 6.83. The molecule has 0 unspecified atom stereocenters. The first-order valence-corrected chi connectivity index (χ1v) is 10.8. The van der Waals surface area contributed by atoms with E-state index in [0.717, 1.165) is 47.2 Å². The summed E-state index contributed by atoms with van der Waals surface area (Å²) in [7, 11) is 1.56. The van der Waals surface area contributed by atoms with E-state index in [-0.39, 0.29) is 6.61 Å². The number of alkyl halides is 3. The van der Waals surface area contributed by atoms with Gasteiger partial charge >= 0.3 is 6.18 Å². The molecule has 0 amide bonds. The molecule has 3 aromatic carbocycles. The van der Waals surface area contributed by atoms with Gasteiger partial charge < -0.3 is 14.6 Å². The smallest absolute Gasteiger partial charge is 0.416 e. The lowest BCUT2D eigenvalue weighted by molar-refractivity contribution is -0.137. The number of benzene rings is 3. The molecule has 0 bridgehead atoms. The molecule has 34 heavy (non-hydrogen) atoms. The molecule has 4 rings (SSSR count). The van der Waals surface area contributed by atoms with E-state index in [1.807, 2.05) is 42.5 Å². The number of aliphatic hydroxyl groups is 1. The van der Waals surface area contributed by atoms with E-state index in [4.69, 9.17) is 9.47 Å². The summed E-state index contributed by atoms with van der Waals surface area (Å²) < 4.78 is 48.9. The average molecular weight is 464 g/mol. The third kappa shape index (κ3) is 5.93. The van der Waals surface area contributed by atoms with Crippen LogP contribution in [0, 0.1) is 11.8 Å². The highest BCUT2D eigenvalue weighted by molar-refractivity contribution is 5.68. The summed E-state index contributed by atoms with van der Waals surface area (Å²) in [6, 6.07) is 18.2. The quantitative estimate of drug-likeness (QED) is 0.317. The second-order valence-corrected chi connectivity index (χ2v) is 7.96. The lowest BCUT2D eigenvalue weighted by Gasteiger charge is -2.09. The van der Waals surface area contributed by atoms with Crippen LogP contribution in [0.25, 0.3) is 11.1 Å². The molecule has 0 aliphatic heterocycles. The van der Waals surface area contributed by atoms with Crippen molar-refractivity contribution >= 4 is 0 Å². The van der Waals surface area contributed by atoms with Gasteiger partial charge in [0, 0.05) is 6.42 Å². The van der Waals surface area contributed by atoms with Crippen molar-refractivity contribution in [3.63, 3.8) is 0 Å². The van der Waals surface area contributed by atoms with E-state index in [9.17, 15) is 18.3 Å². The van der Waals surface area contributed by atoms with Gasteiger partial charge in [-0.15, -0.1) is 0 Å². The van der Waals surface area contributed by atoms with Crippen LogP contribution in [-0.4, -0.2) is 18.8 Å². The third-order valence-electron chi connectivity index (χ3n) is 5.46. The number of halogens is 3. The van der Waals surface area contributed by atoms with Gasteiger partial charge in [-0.3, -0.25) is 0 Å². The fourth-order valence-corrected chi connectivity index (χ4v) is 3.51. The molecule has 6 heteroatoms. The van der Waals surface area contributed by atoms with Crippen LogP contribution in [0.2, 0.25) is 0 Å². The second kappa shape index (κ2) is 9.96. The molecular formula is C28H23F3O3. The molecule has 0 heterocycles. The van der Waals surface area contributed by atoms with Gasteiger partial charge in [0.25, 0.3) is 0 Å². The Labute approximate surface area is 196 Å². The molecule has 1 aliphatic rings. The van der Waals surface area contributed by atoms with E-state index in [0.29, 0.717) is 29.2 Å². The van der Waals surface area contributed by atoms with Crippen molar-refractivity contribution in [2.24, 2.45) is 0 Å². The van der Waals surface area contributed by atoms with Crippen LogP contribution in [-0.2, 0) is 12.6 Å². The SMILES string of the molecule is COc1ccc(-c2cccc(CC(O)=C3CC3)c2)cc1C#CCOc1ccc(C(F)(F)F)cc1. The zero-order valence-corrected chi connectivity index (χ0v) is 18.6. The van der Waals surface area contributed by atoms with Crippen molar-refractivity contribution in [2.45, 2.75) is 25.4 Å². The summed E-state index contributed by atoms with van der Waals surface area (Å²) in [4.78, 5) is 0. The summed E-state index contributed by atoms with van der Waals surface area (Å²) in [6.07, 6.45) is -1.90. The van der Waals surface area contributed by atoms with Crippen LogP contribution in [0.5, 0.6) is 11.5 Å². The van der Waals surface area contributed by atoms with Crippen LogP contribution in [0.3, 0.4) is 0 Å². The minimum Gasteiger partial charge on any atom is -0.512 e. The van der Waals surface area contributed by atoms with Crippen molar-refractivity contribution in [2.75, 3.05) is 13.7 Å². The molecule has 0 radical (unpaired) electrons. The molecule has 3 nitrogen and oxygen atoms in total. The van der Waals surface area contributed by atoms with Gasteiger partial charge in [-0.2, -0.15) is 13.2 Å². The van der Waals surface area contributed by atoms with Crippen LogP contribution < -0.4 is 9.47 Å². The van der Waals surface area contributed by atoms with E-state index >= 15 is 0 Å². The number of hydrogen-bond donors (Lipinski definition) is 1. The van der Waals surface area contributed by atoms with Gasteiger partial charge in [0.05, 0.1) is 24.0 Å². The number of ether oxygens (including phenoxy) is 2. The Morgan fingerprint density at radius 2 is 1.71 bits per heavy atom. The molecule has 1 fully saturated rings. The largest absolute Gasteiger partial charge is 0.512 e. The van der Waals surface area contributed by atoms with E-state index in [1.54, 1.807) is 7.11 Å². The molecule has 0 spiro atoms. The predicted octanol–water partition coefficient (Wildman–Crippen LogP) is 6.96. The Morgan fingerprint density at radius 1 is 0.971 bits per heavy atom. The van der Waals surface area contributed by atoms with Crippen LogP contribution in [0.15, 0.2) is 78.1 Å². The van der Waals surface area contributed by atoms with Gasteiger partial charge in [-0.05, 0) is 71.5 Å². The zero-order valence-electron chi connectivity index (χ0n) is 18.6. The Morgan fingerprint density at radius 3 is 2.38 bits per heavy atom. The highest BCUT2D eigenvalue weighted by Crippen LogP contribution is 2.33. The first-order valence-electron chi connectivity index (χ1n) is 10.8. The summed E-state index contributed by atoms with van der Waals surface area (Å²) in [5, 5.41) is 10.2. The minimum absolute atomic E-state index is 0.0160. The fraction of sp³-hybridized carbons (Fsp3) is 0.214. The molecule has 1 saturated carbocycles. The van der Waals surface area contributed by atoms with E-state index < -0.39 is 11.7 Å². The highest BCUT2D eigenvalue weighted by atomic mass is 19.4. The maximum atomic E-state index is 12.7. The molecule has 174 valence electrons. The van der Waals surface area contributed by atoms with Crippen LogP contribution in [0.1, 0.15) is 29.5 Å². The van der Waals surface area contributed by atoms with Gasteiger partial charge in [-0.1, -0.05) is 42.2 Å². The molecule has 1 aliphatic carbocycles. The molecule has 0 saturated heterocycles. The lowest BCUT2D eigenvalue weighted by atomic mass is 9.99. The number of allylic oxidation sites excluding steroid dienone is 2. The number of hydrogen-bond acceptors (Lipinski definition) is 3. The second-order valence-electron chi connectivity index (χ2n) is 7.96. The molecule has 0 aromatic heterocycles. The van der Waals surface area contributed by atoms with Gasteiger partial charge in [0.1, 0.15) is 18.1 Å². The fourth-order valence-electron chi connectivity index (χ4n) is 3.51. The van der Waals surface area contributed by atoms with Crippen LogP contribution in [0.4, 0.5) is 13.2 Å².